The molecule has 0 amide bonds. The molecule has 1 aromatic rings. The zero-order valence-corrected chi connectivity index (χ0v) is 12.4. The van der Waals surface area contributed by atoms with Crippen LogP contribution in [0, 0.1) is 11.3 Å². The first-order chi connectivity index (χ1) is 9.52. The van der Waals surface area contributed by atoms with Crippen LogP contribution in [0.5, 0.6) is 0 Å². The van der Waals surface area contributed by atoms with Crippen LogP contribution < -0.4 is 5.32 Å². The minimum absolute atomic E-state index is 0.266. The fraction of sp³-hybridized carbons (Fsp3) is 0.688. The first-order valence-corrected chi connectivity index (χ1v) is 7.53. The normalized spacial score (nSPS) is 17.8. The highest BCUT2D eigenvalue weighted by Crippen LogP contribution is 2.42. The maximum atomic E-state index is 11.0. The van der Waals surface area contributed by atoms with E-state index >= 15 is 0 Å². The lowest BCUT2D eigenvalue weighted by Gasteiger charge is -2.31. The molecule has 1 heterocycles. The molecule has 0 unspecified atom stereocenters. The summed E-state index contributed by atoms with van der Waals surface area (Å²) in [5.74, 6) is 0.302. The lowest BCUT2D eigenvalue weighted by atomic mass is 9.78. The van der Waals surface area contributed by atoms with Crippen molar-refractivity contribution in [2.45, 2.75) is 52.5 Å². The van der Waals surface area contributed by atoms with Crippen molar-refractivity contribution < 1.29 is 14.3 Å². The molecule has 4 nitrogen and oxygen atoms in total. The molecular formula is C16H25NO3. The molecule has 1 saturated carbocycles. The van der Waals surface area contributed by atoms with Crippen LogP contribution in [0.3, 0.4) is 0 Å². The van der Waals surface area contributed by atoms with Crippen LogP contribution in [0.2, 0.25) is 0 Å². The predicted molar refractivity (Wildman–Crippen MR) is 77.7 cm³/mol. The molecule has 112 valence electrons. The van der Waals surface area contributed by atoms with Gasteiger partial charge in [-0.15, -0.1) is 0 Å². The number of hydrogen-bond donors (Lipinski definition) is 2. The number of furan rings is 1. The molecular weight excluding hydrogens is 254 g/mol. The maximum absolute atomic E-state index is 11.0. The largest absolute Gasteiger partial charge is 0.478 e. The summed E-state index contributed by atoms with van der Waals surface area (Å²) in [7, 11) is 0. The Morgan fingerprint density at radius 1 is 1.45 bits per heavy atom. The van der Waals surface area contributed by atoms with Gasteiger partial charge in [0.2, 0.25) is 0 Å². The second-order valence-corrected chi connectivity index (χ2v) is 6.47. The number of carbonyl (C=O) groups is 1. The van der Waals surface area contributed by atoms with E-state index in [4.69, 9.17) is 9.52 Å². The summed E-state index contributed by atoms with van der Waals surface area (Å²) in [5.41, 5.74) is 0.659. The molecule has 0 bridgehead atoms. The Hall–Kier alpha value is -1.29. The van der Waals surface area contributed by atoms with E-state index in [0.29, 0.717) is 23.6 Å². The van der Waals surface area contributed by atoms with Gasteiger partial charge in [-0.25, -0.2) is 4.79 Å². The van der Waals surface area contributed by atoms with Gasteiger partial charge < -0.3 is 14.8 Å². The van der Waals surface area contributed by atoms with Gasteiger partial charge in [0.25, 0.3) is 0 Å². The summed E-state index contributed by atoms with van der Waals surface area (Å²) in [5, 5.41) is 12.5. The van der Waals surface area contributed by atoms with Crippen molar-refractivity contribution in [2.75, 3.05) is 6.54 Å². The second-order valence-electron chi connectivity index (χ2n) is 6.47. The molecule has 4 heteroatoms. The Kier molecular flexibility index (Phi) is 4.86. The molecule has 20 heavy (non-hydrogen) atoms. The highest BCUT2D eigenvalue weighted by Gasteiger charge is 2.34. The van der Waals surface area contributed by atoms with Crippen LogP contribution in [0.15, 0.2) is 16.7 Å². The quantitative estimate of drug-likeness (QED) is 0.799. The van der Waals surface area contributed by atoms with Gasteiger partial charge in [-0.3, -0.25) is 0 Å². The Bertz CT molecular complexity index is 444. The smallest absolute Gasteiger partial charge is 0.339 e. The van der Waals surface area contributed by atoms with Gasteiger partial charge in [0.15, 0.2) is 0 Å². The maximum Gasteiger partial charge on any atom is 0.339 e. The Balaban J connectivity index is 1.90. The Labute approximate surface area is 120 Å². The van der Waals surface area contributed by atoms with Gasteiger partial charge in [-0.2, -0.15) is 0 Å². The van der Waals surface area contributed by atoms with Crippen molar-refractivity contribution in [3.8, 4) is 0 Å². The number of aromatic carboxylic acids is 1. The minimum Gasteiger partial charge on any atom is -0.478 e. The van der Waals surface area contributed by atoms with Crippen molar-refractivity contribution >= 4 is 5.97 Å². The standard InChI is InChI=1S/C16H25NO3/c1-12(2)9-16(6-3-4-7-16)11-17-10-14-13(15(18)19)5-8-20-14/h5,8,12,17H,3-4,6-7,9-11H2,1-2H3,(H,18,19). The van der Waals surface area contributed by atoms with E-state index in [1.807, 2.05) is 0 Å². The SMILES string of the molecule is CC(C)CC1(CNCc2occc2C(=O)O)CCCC1. The fourth-order valence-electron chi connectivity index (χ4n) is 3.55. The number of nitrogens with one attached hydrogen (secondary N) is 1. The number of carboxylic acids is 1. The number of carboxylic acid groups (broad SMARTS) is 1. The van der Waals surface area contributed by atoms with Crippen molar-refractivity contribution in [1.29, 1.82) is 0 Å². The summed E-state index contributed by atoms with van der Waals surface area (Å²) < 4.78 is 5.26. The van der Waals surface area contributed by atoms with E-state index in [9.17, 15) is 4.79 Å². The van der Waals surface area contributed by atoms with Gasteiger partial charge in [-0.05, 0) is 36.7 Å². The van der Waals surface area contributed by atoms with Crippen molar-refractivity contribution in [2.24, 2.45) is 11.3 Å². The molecule has 0 radical (unpaired) electrons. The van der Waals surface area contributed by atoms with Gasteiger partial charge in [0, 0.05) is 6.54 Å². The minimum atomic E-state index is -0.923. The molecule has 2 N–H and O–H groups in total. The first-order valence-electron chi connectivity index (χ1n) is 7.53. The molecule has 0 saturated heterocycles. The molecule has 1 fully saturated rings. The lowest BCUT2D eigenvalue weighted by Crippen LogP contribution is -2.33. The van der Waals surface area contributed by atoms with E-state index < -0.39 is 5.97 Å². The molecule has 0 spiro atoms. The van der Waals surface area contributed by atoms with E-state index in [0.717, 1.165) is 6.54 Å². The van der Waals surface area contributed by atoms with Gasteiger partial charge in [-0.1, -0.05) is 26.7 Å². The highest BCUT2D eigenvalue weighted by atomic mass is 16.4. The van der Waals surface area contributed by atoms with Crippen LogP contribution >= 0.6 is 0 Å². The van der Waals surface area contributed by atoms with Crippen LogP contribution in [0.25, 0.3) is 0 Å². The summed E-state index contributed by atoms with van der Waals surface area (Å²) in [4.78, 5) is 11.0. The zero-order valence-electron chi connectivity index (χ0n) is 12.4. The molecule has 2 rings (SSSR count). The average molecular weight is 279 g/mol. The van der Waals surface area contributed by atoms with E-state index in [1.165, 1.54) is 44.4 Å². The monoisotopic (exact) mass is 279 g/mol. The summed E-state index contributed by atoms with van der Waals surface area (Å²) in [6, 6.07) is 1.51. The van der Waals surface area contributed by atoms with E-state index in [2.05, 4.69) is 19.2 Å². The van der Waals surface area contributed by atoms with Crippen molar-refractivity contribution in [3.63, 3.8) is 0 Å². The van der Waals surface area contributed by atoms with Gasteiger partial charge in [0.1, 0.15) is 11.3 Å². The fourth-order valence-corrected chi connectivity index (χ4v) is 3.55. The predicted octanol–water partition coefficient (Wildman–Crippen LogP) is 3.67. The van der Waals surface area contributed by atoms with Crippen molar-refractivity contribution in [3.05, 3.63) is 23.7 Å². The van der Waals surface area contributed by atoms with E-state index in [-0.39, 0.29) is 5.56 Å². The third-order valence-electron chi connectivity index (χ3n) is 4.27. The van der Waals surface area contributed by atoms with Crippen molar-refractivity contribution in [1.82, 2.24) is 5.32 Å². The molecule has 0 aliphatic heterocycles. The zero-order chi connectivity index (χ0) is 14.6. The van der Waals surface area contributed by atoms with Crippen LogP contribution in [-0.4, -0.2) is 17.6 Å². The van der Waals surface area contributed by atoms with Crippen LogP contribution in [-0.2, 0) is 6.54 Å². The topological polar surface area (TPSA) is 62.5 Å². The number of rotatable bonds is 7. The molecule has 0 atom stereocenters. The van der Waals surface area contributed by atoms with Crippen LogP contribution in [0.4, 0.5) is 0 Å². The molecule has 1 aromatic heterocycles. The molecule has 0 aromatic carbocycles. The lowest BCUT2D eigenvalue weighted by molar-refractivity contribution is 0.0694. The van der Waals surface area contributed by atoms with Gasteiger partial charge >= 0.3 is 5.97 Å². The summed E-state index contributed by atoms with van der Waals surface area (Å²) >= 11 is 0. The summed E-state index contributed by atoms with van der Waals surface area (Å²) in [6.07, 6.45) is 7.87. The second kappa shape index (κ2) is 6.44. The number of hydrogen-bond acceptors (Lipinski definition) is 3. The average Bonchev–Trinajstić information content (AvgIpc) is 2.98. The van der Waals surface area contributed by atoms with Gasteiger partial charge in [0.05, 0.1) is 12.8 Å². The first kappa shape index (κ1) is 15.1. The summed E-state index contributed by atoms with van der Waals surface area (Å²) in [6.45, 7) is 5.99. The Morgan fingerprint density at radius 2 is 2.15 bits per heavy atom. The van der Waals surface area contributed by atoms with Crippen LogP contribution in [0.1, 0.15) is 62.1 Å². The Morgan fingerprint density at radius 3 is 2.75 bits per heavy atom. The molecule has 1 aliphatic carbocycles. The third kappa shape index (κ3) is 3.63. The van der Waals surface area contributed by atoms with E-state index in [1.54, 1.807) is 0 Å². The molecule has 1 aliphatic rings. The highest BCUT2D eigenvalue weighted by molar-refractivity contribution is 5.88. The third-order valence-corrected chi connectivity index (χ3v) is 4.27.